The molecule has 0 atom stereocenters. The first-order chi connectivity index (χ1) is 8.08. The third-order valence-corrected chi connectivity index (χ3v) is 1.94. The van der Waals surface area contributed by atoms with E-state index < -0.39 is 0 Å². The Morgan fingerprint density at radius 2 is 2.24 bits per heavy atom. The van der Waals surface area contributed by atoms with Crippen molar-refractivity contribution in [2.24, 2.45) is 4.99 Å². The maximum Gasteiger partial charge on any atom is 0.153 e. The van der Waals surface area contributed by atoms with Crippen LogP contribution in [0, 0.1) is 6.92 Å². The summed E-state index contributed by atoms with van der Waals surface area (Å²) in [5, 5.41) is 10.0. The smallest absolute Gasteiger partial charge is 0.153 e. The fourth-order valence-corrected chi connectivity index (χ4v) is 1.07. The first-order valence-electron chi connectivity index (χ1n) is 5.60. The van der Waals surface area contributed by atoms with Crippen LogP contribution in [0.2, 0.25) is 0 Å². The topological polar surface area (TPSA) is 53.1 Å². The van der Waals surface area contributed by atoms with E-state index in [0.717, 1.165) is 29.3 Å². The first-order valence-corrected chi connectivity index (χ1v) is 5.60. The van der Waals surface area contributed by atoms with Crippen LogP contribution in [0.25, 0.3) is 0 Å². The summed E-state index contributed by atoms with van der Waals surface area (Å²) in [6, 6.07) is 1.92. The lowest BCUT2D eigenvalue weighted by Crippen LogP contribution is -2.14. The van der Waals surface area contributed by atoms with E-state index in [4.69, 9.17) is 0 Å². The Hall–Kier alpha value is -1.84. The normalized spacial score (nSPS) is 10.2. The highest BCUT2D eigenvalue weighted by molar-refractivity contribution is 6.06. The molecule has 1 aromatic heterocycles. The minimum Gasteiger partial charge on any atom is -0.324 e. The number of aromatic amines is 1. The van der Waals surface area contributed by atoms with Crippen molar-refractivity contribution >= 4 is 11.7 Å². The largest absolute Gasteiger partial charge is 0.324 e. The highest BCUT2D eigenvalue weighted by atomic mass is 15.2. The molecule has 0 radical (unpaired) electrons. The van der Waals surface area contributed by atoms with Gasteiger partial charge in [-0.15, -0.1) is 6.58 Å². The summed E-state index contributed by atoms with van der Waals surface area (Å²) in [4.78, 5) is 4.12. The molecule has 0 amide bonds. The van der Waals surface area contributed by atoms with Gasteiger partial charge in [-0.3, -0.25) is 10.1 Å². The highest BCUT2D eigenvalue weighted by Crippen LogP contribution is 2.07. The average Bonchev–Trinajstić information content (AvgIpc) is 2.72. The molecule has 1 aromatic rings. The Labute approximate surface area is 104 Å². The van der Waals surface area contributed by atoms with Crippen molar-refractivity contribution in [3.8, 4) is 0 Å². The second-order valence-electron chi connectivity index (χ2n) is 3.50. The molecule has 0 spiro atoms. The lowest BCUT2D eigenvalue weighted by molar-refractivity contribution is 1.05. The van der Waals surface area contributed by atoms with E-state index in [9.17, 15) is 0 Å². The van der Waals surface area contributed by atoms with Crippen molar-refractivity contribution in [2.75, 3.05) is 12.4 Å². The molecule has 0 bridgehead atoms. The van der Waals surface area contributed by atoms with Crippen LogP contribution in [0.1, 0.15) is 26.0 Å². The van der Waals surface area contributed by atoms with Gasteiger partial charge in [-0.05, 0) is 25.8 Å². The maximum atomic E-state index is 4.12. The summed E-state index contributed by atoms with van der Waals surface area (Å²) in [6.45, 7) is 13.2. The molecular weight excluding hydrogens is 212 g/mol. The Morgan fingerprint density at radius 3 is 2.59 bits per heavy atom. The summed E-state index contributed by atoms with van der Waals surface area (Å²) in [5.74, 6) is 1.57. The van der Waals surface area contributed by atoms with Crippen LogP contribution in [0.3, 0.4) is 0 Å². The monoisotopic (exact) mass is 234 g/mol. The Balaban J connectivity index is 0.000000770. The average molecular weight is 234 g/mol. The number of hydrogen-bond donors (Lipinski definition) is 2. The van der Waals surface area contributed by atoms with E-state index >= 15 is 0 Å². The summed E-state index contributed by atoms with van der Waals surface area (Å²) >= 11 is 0. The van der Waals surface area contributed by atoms with E-state index in [0.29, 0.717) is 0 Å². The van der Waals surface area contributed by atoms with Gasteiger partial charge in [0, 0.05) is 18.8 Å². The molecule has 0 aliphatic rings. The maximum absolute atomic E-state index is 4.12. The van der Waals surface area contributed by atoms with Gasteiger partial charge in [0.2, 0.25) is 0 Å². The number of aryl methyl sites for hydroxylation is 1. The zero-order valence-electron chi connectivity index (χ0n) is 11.2. The van der Waals surface area contributed by atoms with E-state index in [2.05, 4.69) is 33.7 Å². The number of anilines is 1. The molecule has 17 heavy (non-hydrogen) atoms. The van der Waals surface area contributed by atoms with Crippen molar-refractivity contribution in [2.45, 2.75) is 27.2 Å². The number of allylic oxidation sites excluding steroid dienone is 1. The third kappa shape index (κ3) is 5.70. The molecule has 0 saturated heterocycles. The second-order valence-corrected chi connectivity index (χ2v) is 3.50. The van der Waals surface area contributed by atoms with Crippen molar-refractivity contribution in [3.63, 3.8) is 0 Å². The van der Waals surface area contributed by atoms with Gasteiger partial charge < -0.3 is 5.32 Å². The molecule has 1 heterocycles. The molecule has 2 N–H and O–H groups in total. The van der Waals surface area contributed by atoms with Crippen molar-refractivity contribution in [1.29, 1.82) is 0 Å². The number of nitrogens with zero attached hydrogens (tertiary/aromatic N) is 2. The van der Waals surface area contributed by atoms with Gasteiger partial charge in [0.1, 0.15) is 5.84 Å². The van der Waals surface area contributed by atoms with Crippen LogP contribution in [0.5, 0.6) is 0 Å². The fourth-order valence-electron chi connectivity index (χ4n) is 1.07. The van der Waals surface area contributed by atoms with Crippen molar-refractivity contribution < 1.29 is 0 Å². The first kappa shape index (κ1) is 15.2. The number of amidine groups is 1. The van der Waals surface area contributed by atoms with Crippen LogP contribution >= 0.6 is 0 Å². The summed E-state index contributed by atoms with van der Waals surface area (Å²) < 4.78 is 0. The zero-order valence-corrected chi connectivity index (χ0v) is 11.2. The van der Waals surface area contributed by atoms with Gasteiger partial charge in [0.15, 0.2) is 5.82 Å². The number of H-pyrrole nitrogens is 1. The van der Waals surface area contributed by atoms with E-state index in [1.165, 1.54) is 0 Å². The summed E-state index contributed by atoms with van der Waals surface area (Å²) in [5.41, 5.74) is 2.00. The fraction of sp³-hybridized carbons (Fsp3) is 0.385. The molecule has 0 aliphatic heterocycles. The summed E-state index contributed by atoms with van der Waals surface area (Å²) in [7, 11) is 1.74. The van der Waals surface area contributed by atoms with E-state index in [1.807, 2.05) is 26.8 Å². The number of rotatable bonds is 3. The van der Waals surface area contributed by atoms with Crippen LogP contribution in [0.4, 0.5) is 5.82 Å². The van der Waals surface area contributed by atoms with Gasteiger partial charge >= 0.3 is 0 Å². The summed E-state index contributed by atoms with van der Waals surface area (Å²) in [6.07, 6.45) is 2.63. The Kier molecular flexibility index (Phi) is 7.43. The zero-order chi connectivity index (χ0) is 13.3. The van der Waals surface area contributed by atoms with Gasteiger partial charge in [-0.1, -0.05) is 19.6 Å². The molecule has 0 saturated carbocycles. The molecule has 4 heteroatoms. The van der Waals surface area contributed by atoms with Crippen LogP contribution in [-0.2, 0) is 0 Å². The van der Waals surface area contributed by atoms with Crippen molar-refractivity contribution in [3.05, 3.63) is 36.6 Å². The minimum atomic E-state index is 0.776. The highest BCUT2D eigenvalue weighted by Gasteiger charge is 2.04. The second kappa shape index (κ2) is 8.33. The van der Waals surface area contributed by atoms with Gasteiger partial charge in [-0.25, -0.2) is 0 Å². The van der Waals surface area contributed by atoms with Crippen LogP contribution in [-0.4, -0.2) is 23.1 Å². The molecule has 1 rings (SSSR count). The Bertz CT molecular complexity index is 388. The van der Waals surface area contributed by atoms with E-state index in [-0.39, 0.29) is 0 Å². The quantitative estimate of drug-likeness (QED) is 0.479. The van der Waals surface area contributed by atoms with Gasteiger partial charge in [0.25, 0.3) is 0 Å². The standard InChI is InChI=1S/C10H16N4.C3H6/c1-5-7(2)10(11-4)12-9-6-8(3)13-14-9;1-3-2/h6H,2,5H2,1,3-4H3,(H2,11,12,13,14);3H,1H2,2H3. The van der Waals surface area contributed by atoms with Crippen LogP contribution in [0.15, 0.2) is 35.9 Å². The third-order valence-electron chi connectivity index (χ3n) is 1.94. The lowest BCUT2D eigenvalue weighted by Gasteiger charge is -2.07. The van der Waals surface area contributed by atoms with E-state index in [1.54, 1.807) is 13.1 Å². The molecular formula is C13H22N4. The minimum absolute atomic E-state index is 0.776. The van der Waals surface area contributed by atoms with Gasteiger partial charge in [-0.2, -0.15) is 5.10 Å². The van der Waals surface area contributed by atoms with Gasteiger partial charge in [0.05, 0.1) is 0 Å². The number of nitrogens with one attached hydrogen (secondary N) is 2. The predicted molar refractivity (Wildman–Crippen MR) is 75.6 cm³/mol. The molecule has 0 aromatic carbocycles. The molecule has 0 fully saturated rings. The lowest BCUT2D eigenvalue weighted by atomic mass is 10.2. The Morgan fingerprint density at radius 1 is 1.65 bits per heavy atom. The SMILES string of the molecule is C=C(CC)C(=NC)Nc1cc(C)[nH]n1.C=CC. The molecule has 94 valence electrons. The molecule has 0 aliphatic carbocycles. The van der Waals surface area contributed by atoms with Crippen molar-refractivity contribution in [1.82, 2.24) is 10.2 Å². The van der Waals surface area contributed by atoms with Crippen LogP contribution < -0.4 is 5.32 Å². The molecule has 4 nitrogen and oxygen atoms in total. The predicted octanol–water partition coefficient (Wildman–Crippen LogP) is 3.32. The molecule has 0 unspecified atom stereocenters. The number of aliphatic imine (C=N–C) groups is 1. The number of hydrogen-bond acceptors (Lipinski definition) is 2. The number of aromatic nitrogens is 2.